The van der Waals surface area contributed by atoms with Crippen molar-refractivity contribution in [2.75, 3.05) is 31.2 Å². The smallest absolute Gasteiger partial charge is 0.277 e. The standard InChI is InChI=1S/C24H21ClF2N2O2/c25-22-19(28-7-9-31-10-8-28)6-5-14-12-20-16-3-1-2-4-17(16)24(26,27)18-11-15(18)13-29(20)23(30)21(14)22/h1-6,12,15,18H,7-11,13H2. The average Bonchev–Trinajstić information content (AvgIpc) is 3.55. The van der Waals surface area contributed by atoms with E-state index in [2.05, 4.69) is 4.90 Å². The first kappa shape index (κ1) is 19.3. The summed E-state index contributed by atoms with van der Waals surface area (Å²) in [6, 6.07) is 12.2. The second-order valence-corrected chi connectivity index (χ2v) is 9.06. The zero-order valence-electron chi connectivity index (χ0n) is 16.8. The van der Waals surface area contributed by atoms with Gasteiger partial charge in [-0.2, -0.15) is 0 Å². The number of nitrogens with zero attached hydrogens (tertiary/aromatic N) is 2. The molecule has 1 saturated heterocycles. The first-order valence-electron chi connectivity index (χ1n) is 10.6. The summed E-state index contributed by atoms with van der Waals surface area (Å²) in [4.78, 5) is 15.8. The van der Waals surface area contributed by atoms with Crippen LogP contribution in [-0.4, -0.2) is 30.9 Å². The number of benzene rings is 2. The molecule has 0 bridgehead atoms. The number of halogens is 3. The number of hydrogen-bond donors (Lipinski definition) is 0. The van der Waals surface area contributed by atoms with Crippen molar-refractivity contribution in [1.82, 2.24) is 4.57 Å². The summed E-state index contributed by atoms with van der Waals surface area (Å²) in [5, 5.41) is 1.55. The second kappa shape index (κ2) is 6.78. The van der Waals surface area contributed by atoms with Gasteiger partial charge in [0, 0.05) is 36.7 Å². The Morgan fingerprint density at radius 3 is 2.68 bits per heavy atom. The van der Waals surface area contributed by atoms with Crippen LogP contribution in [-0.2, 0) is 17.2 Å². The molecule has 2 aliphatic heterocycles. The van der Waals surface area contributed by atoms with Gasteiger partial charge in [0.15, 0.2) is 0 Å². The van der Waals surface area contributed by atoms with Gasteiger partial charge in [0.25, 0.3) is 11.5 Å². The van der Waals surface area contributed by atoms with Crippen LogP contribution in [0.2, 0.25) is 5.02 Å². The quantitative estimate of drug-likeness (QED) is 0.537. The molecular formula is C24H21ClF2N2O2. The average molecular weight is 443 g/mol. The van der Waals surface area contributed by atoms with Gasteiger partial charge in [0.1, 0.15) is 0 Å². The van der Waals surface area contributed by atoms with Crippen LogP contribution in [0.15, 0.2) is 47.3 Å². The Labute approximate surface area is 183 Å². The van der Waals surface area contributed by atoms with E-state index in [0.717, 1.165) is 5.69 Å². The molecule has 2 atom stereocenters. The highest BCUT2D eigenvalue weighted by Gasteiger charge is 2.57. The van der Waals surface area contributed by atoms with Crippen LogP contribution < -0.4 is 10.5 Å². The molecule has 2 aromatic carbocycles. The molecule has 3 aromatic rings. The minimum atomic E-state index is -2.89. The summed E-state index contributed by atoms with van der Waals surface area (Å²) in [6.45, 7) is 2.95. The first-order valence-corrected chi connectivity index (χ1v) is 11.0. The number of hydrogen-bond acceptors (Lipinski definition) is 3. The van der Waals surface area contributed by atoms with E-state index >= 15 is 8.78 Å². The van der Waals surface area contributed by atoms with Gasteiger partial charge in [-0.15, -0.1) is 0 Å². The van der Waals surface area contributed by atoms with E-state index in [0.29, 0.717) is 59.8 Å². The molecule has 1 aromatic heterocycles. The summed E-state index contributed by atoms with van der Waals surface area (Å²) in [5.74, 6) is -3.83. The van der Waals surface area contributed by atoms with Gasteiger partial charge < -0.3 is 14.2 Å². The van der Waals surface area contributed by atoms with Crippen molar-refractivity contribution >= 4 is 28.1 Å². The molecule has 6 rings (SSSR count). The molecule has 2 fully saturated rings. The first-order chi connectivity index (χ1) is 15.0. The van der Waals surface area contributed by atoms with Gasteiger partial charge in [-0.05, 0) is 29.9 Å². The summed E-state index contributed by atoms with van der Waals surface area (Å²) in [5.41, 5.74) is 1.57. The zero-order valence-corrected chi connectivity index (χ0v) is 17.5. The number of aromatic nitrogens is 1. The zero-order chi connectivity index (χ0) is 21.3. The molecule has 0 N–H and O–H groups in total. The SMILES string of the molecule is O=c1c2c(Cl)c(N3CCOCC3)ccc2cc2n1CC1CC1C(F)(F)c1ccccc1-2. The summed E-state index contributed by atoms with van der Waals surface area (Å²) >= 11 is 6.77. The lowest BCUT2D eigenvalue weighted by atomic mass is 9.92. The van der Waals surface area contributed by atoms with E-state index in [1.54, 1.807) is 22.8 Å². The topological polar surface area (TPSA) is 34.5 Å². The van der Waals surface area contributed by atoms with Crippen molar-refractivity contribution < 1.29 is 13.5 Å². The van der Waals surface area contributed by atoms with Crippen LogP contribution in [0.5, 0.6) is 0 Å². The van der Waals surface area contributed by atoms with Gasteiger partial charge in [-0.25, -0.2) is 8.78 Å². The monoisotopic (exact) mass is 442 g/mol. The number of anilines is 1. The molecule has 1 saturated carbocycles. The number of pyridine rings is 1. The lowest BCUT2D eigenvalue weighted by molar-refractivity contribution is -0.0346. The third kappa shape index (κ3) is 2.84. The Morgan fingerprint density at radius 1 is 1.10 bits per heavy atom. The molecule has 2 unspecified atom stereocenters. The molecule has 31 heavy (non-hydrogen) atoms. The molecular weight excluding hydrogens is 422 g/mol. The summed E-state index contributed by atoms with van der Waals surface area (Å²) in [6.07, 6.45) is 0.423. The van der Waals surface area contributed by atoms with Crippen LogP contribution in [0.3, 0.4) is 0 Å². The van der Waals surface area contributed by atoms with E-state index in [1.165, 1.54) is 6.07 Å². The van der Waals surface area contributed by atoms with Crippen molar-refractivity contribution in [3.05, 3.63) is 63.4 Å². The molecule has 1 aliphatic carbocycles. The van der Waals surface area contributed by atoms with Crippen LogP contribution >= 0.6 is 11.6 Å². The Balaban J connectivity index is 1.61. The van der Waals surface area contributed by atoms with Gasteiger partial charge >= 0.3 is 0 Å². The van der Waals surface area contributed by atoms with Crippen molar-refractivity contribution in [1.29, 1.82) is 0 Å². The predicted molar refractivity (Wildman–Crippen MR) is 117 cm³/mol. The molecule has 3 heterocycles. The Kier molecular flexibility index (Phi) is 4.21. The lowest BCUT2D eigenvalue weighted by Gasteiger charge is -2.30. The molecule has 0 amide bonds. The van der Waals surface area contributed by atoms with Gasteiger partial charge in [-0.3, -0.25) is 4.79 Å². The van der Waals surface area contributed by atoms with Gasteiger partial charge in [0.2, 0.25) is 0 Å². The Morgan fingerprint density at radius 2 is 1.87 bits per heavy atom. The molecule has 0 spiro atoms. The number of rotatable bonds is 1. The highest BCUT2D eigenvalue weighted by Crippen LogP contribution is 2.57. The van der Waals surface area contributed by atoms with Crippen molar-refractivity contribution in [2.45, 2.75) is 18.9 Å². The molecule has 7 heteroatoms. The molecule has 4 nitrogen and oxygen atoms in total. The molecule has 3 aliphatic rings. The fourth-order valence-corrected chi connectivity index (χ4v) is 5.54. The minimum absolute atomic E-state index is 0.00531. The normalized spacial score (nSPS) is 24.0. The summed E-state index contributed by atoms with van der Waals surface area (Å²) < 4.78 is 37.5. The van der Waals surface area contributed by atoms with Crippen molar-refractivity contribution in [3.63, 3.8) is 0 Å². The Hall–Kier alpha value is -2.44. The van der Waals surface area contributed by atoms with Crippen molar-refractivity contribution in [2.24, 2.45) is 11.8 Å². The van der Waals surface area contributed by atoms with Crippen LogP contribution in [0, 0.1) is 11.8 Å². The maximum Gasteiger partial charge on any atom is 0.277 e. The number of morpholine rings is 1. The molecule has 160 valence electrons. The van der Waals surface area contributed by atoms with Crippen LogP contribution in [0.1, 0.15) is 12.0 Å². The minimum Gasteiger partial charge on any atom is -0.378 e. The highest BCUT2D eigenvalue weighted by molar-refractivity contribution is 6.38. The maximum absolute atomic E-state index is 15.2. The van der Waals surface area contributed by atoms with E-state index < -0.39 is 11.8 Å². The fourth-order valence-electron chi connectivity index (χ4n) is 5.16. The largest absolute Gasteiger partial charge is 0.378 e. The maximum atomic E-state index is 15.2. The van der Waals surface area contributed by atoms with Gasteiger partial charge in [-0.1, -0.05) is 41.9 Å². The third-order valence-corrected chi connectivity index (χ3v) is 7.30. The van der Waals surface area contributed by atoms with Gasteiger partial charge in [0.05, 0.1) is 35.0 Å². The Bertz CT molecular complexity index is 1270. The number of ether oxygens (including phenoxy) is 1. The van der Waals surface area contributed by atoms with Crippen molar-refractivity contribution in [3.8, 4) is 11.3 Å². The number of alkyl halides is 2. The third-order valence-electron chi connectivity index (χ3n) is 6.92. The molecule has 0 radical (unpaired) electrons. The predicted octanol–water partition coefficient (Wildman–Crippen LogP) is 4.90. The van der Waals surface area contributed by atoms with Crippen LogP contribution in [0.25, 0.3) is 22.0 Å². The lowest BCUT2D eigenvalue weighted by Crippen LogP contribution is -2.36. The summed E-state index contributed by atoms with van der Waals surface area (Å²) in [7, 11) is 0. The van der Waals surface area contributed by atoms with E-state index in [-0.39, 0.29) is 23.6 Å². The van der Waals surface area contributed by atoms with E-state index in [1.807, 2.05) is 18.2 Å². The number of fused-ring (bicyclic) bond motifs is 5. The second-order valence-electron chi connectivity index (χ2n) is 8.68. The fraction of sp³-hybridized carbons (Fsp3) is 0.375. The van der Waals surface area contributed by atoms with E-state index in [9.17, 15) is 4.79 Å². The highest BCUT2D eigenvalue weighted by atomic mass is 35.5. The van der Waals surface area contributed by atoms with E-state index in [4.69, 9.17) is 16.3 Å². The van der Waals surface area contributed by atoms with Crippen LogP contribution in [0.4, 0.5) is 14.5 Å².